The molecule has 0 aromatic rings. The van der Waals surface area contributed by atoms with Crippen LogP contribution in [0.3, 0.4) is 0 Å². The summed E-state index contributed by atoms with van der Waals surface area (Å²) in [6, 6.07) is 0. The maximum absolute atomic E-state index is 9.45. The largest absolute Gasteiger partial charge is 0.388 e. The molecule has 0 amide bonds. The van der Waals surface area contributed by atoms with E-state index < -0.39 is 12.4 Å². The van der Waals surface area contributed by atoms with Crippen LogP contribution in [0.4, 0.5) is 0 Å². The fourth-order valence-corrected chi connectivity index (χ4v) is 0.783. The van der Waals surface area contributed by atoms with Crippen molar-refractivity contribution in [2.24, 2.45) is 11.7 Å². The van der Waals surface area contributed by atoms with Crippen LogP contribution in [0.2, 0.25) is 0 Å². The van der Waals surface area contributed by atoms with E-state index in [9.17, 15) is 5.11 Å². The molecule has 0 radical (unpaired) electrons. The molecule has 2 unspecified atom stereocenters. The lowest BCUT2D eigenvalue weighted by Crippen LogP contribution is -2.38. The van der Waals surface area contributed by atoms with E-state index in [1.807, 2.05) is 6.92 Å². The average Bonchev–Trinajstić information content (AvgIpc) is 2.05. The van der Waals surface area contributed by atoms with Gasteiger partial charge in [-0.15, -0.1) is 0 Å². The van der Waals surface area contributed by atoms with Crippen molar-refractivity contribution in [3.63, 3.8) is 0 Å². The second-order valence-corrected chi connectivity index (χ2v) is 2.54. The van der Waals surface area contributed by atoms with E-state index >= 15 is 0 Å². The Balaban J connectivity index is 3.86. The number of rotatable bonds is 5. The minimum atomic E-state index is -0.657. The van der Waals surface area contributed by atoms with Crippen molar-refractivity contribution in [2.45, 2.75) is 19.3 Å². The standard InChI is InChI=1S/C7H17NO3/c1-5(4-8)6(9)7(10-2)11-3/h5-7,9H,4,8H2,1-3H3. The summed E-state index contributed by atoms with van der Waals surface area (Å²) in [6.07, 6.45) is -1.23. The van der Waals surface area contributed by atoms with Crippen molar-refractivity contribution in [1.82, 2.24) is 0 Å². The topological polar surface area (TPSA) is 64.7 Å². The highest BCUT2D eigenvalue weighted by Gasteiger charge is 2.22. The fraction of sp³-hybridized carbons (Fsp3) is 1.00. The van der Waals surface area contributed by atoms with E-state index in [0.717, 1.165) is 0 Å². The van der Waals surface area contributed by atoms with Crippen LogP contribution in [0.15, 0.2) is 0 Å². The zero-order valence-electron chi connectivity index (χ0n) is 7.28. The Morgan fingerprint density at radius 1 is 1.36 bits per heavy atom. The Bertz CT molecular complexity index is 95.7. The zero-order valence-corrected chi connectivity index (χ0v) is 7.28. The Morgan fingerprint density at radius 3 is 2.09 bits per heavy atom. The van der Waals surface area contributed by atoms with Gasteiger partial charge in [-0.3, -0.25) is 0 Å². The van der Waals surface area contributed by atoms with Gasteiger partial charge in [0.2, 0.25) is 0 Å². The molecule has 0 aromatic heterocycles. The third-order valence-electron chi connectivity index (χ3n) is 1.70. The molecule has 0 saturated heterocycles. The zero-order chi connectivity index (χ0) is 8.85. The molecule has 0 heterocycles. The predicted octanol–water partition coefficient (Wildman–Crippen LogP) is -0.439. The Kier molecular flexibility index (Phi) is 5.41. The first-order chi connectivity index (χ1) is 5.17. The molecule has 0 aliphatic rings. The minimum Gasteiger partial charge on any atom is -0.388 e. The Hall–Kier alpha value is -0.160. The SMILES string of the molecule is COC(OC)C(O)C(C)CN. The van der Waals surface area contributed by atoms with E-state index in [1.165, 1.54) is 14.2 Å². The summed E-state index contributed by atoms with van der Waals surface area (Å²) < 4.78 is 9.71. The predicted molar refractivity (Wildman–Crippen MR) is 42.0 cm³/mol. The highest BCUT2D eigenvalue weighted by molar-refractivity contribution is 4.67. The number of hydrogen-bond donors (Lipinski definition) is 2. The Morgan fingerprint density at radius 2 is 1.82 bits per heavy atom. The quantitative estimate of drug-likeness (QED) is 0.539. The van der Waals surface area contributed by atoms with Crippen LogP contribution in [0.5, 0.6) is 0 Å². The molecule has 2 atom stereocenters. The van der Waals surface area contributed by atoms with Gasteiger partial charge in [0.05, 0.1) is 0 Å². The number of aliphatic hydroxyl groups excluding tert-OH is 1. The van der Waals surface area contributed by atoms with Gasteiger partial charge in [0.15, 0.2) is 6.29 Å². The second-order valence-electron chi connectivity index (χ2n) is 2.54. The fourth-order valence-electron chi connectivity index (χ4n) is 0.783. The minimum absolute atomic E-state index is 0.0140. The first kappa shape index (κ1) is 10.8. The highest BCUT2D eigenvalue weighted by atomic mass is 16.7. The Labute approximate surface area is 67.3 Å². The van der Waals surface area contributed by atoms with Gasteiger partial charge in [-0.2, -0.15) is 0 Å². The van der Waals surface area contributed by atoms with Crippen molar-refractivity contribution in [3.05, 3.63) is 0 Å². The van der Waals surface area contributed by atoms with Gasteiger partial charge in [0.25, 0.3) is 0 Å². The summed E-state index contributed by atoms with van der Waals surface area (Å²) >= 11 is 0. The molecule has 0 aliphatic carbocycles. The number of methoxy groups -OCH3 is 2. The van der Waals surface area contributed by atoms with E-state index in [2.05, 4.69) is 0 Å². The van der Waals surface area contributed by atoms with Gasteiger partial charge in [0.1, 0.15) is 6.10 Å². The molecule has 4 heteroatoms. The van der Waals surface area contributed by atoms with Crippen LogP contribution in [-0.2, 0) is 9.47 Å². The van der Waals surface area contributed by atoms with Crippen LogP contribution in [0, 0.1) is 5.92 Å². The molecule has 0 spiro atoms. The third-order valence-corrected chi connectivity index (χ3v) is 1.70. The molecule has 0 saturated carbocycles. The van der Waals surface area contributed by atoms with Crippen LogP contribution in [0.1, 0.15) is 6.92 Å². The van der Waals surface area contributed by atoms with Crippen LogP contribution >= 0.6 is 0 Å². The van der Waals surface area contributed by atoms with Gasteiger partial charge in [0, 0.05) is 14.2 Å². The molecule has 0 fully saturated rings. The van der Waals surface area contributed by atoms with Gasteiger partial charge < -0.3 is 20.3 Å². The van der Waals surface area contributed by atoms with E-state index in [0.29, 0.717) is 6.54 Å². The van der Waals surface area contributed by atoms with E-state index in [1.54, 1.807) is 0 Å². The summed E-state index contributed by atoms with van der Waals surface area (Å²) in [5.74, 6) is -0.0140. The van der Waals surface area contributed by atoms with Gasteiger partial charge in [-0.1, -0.05) is 6.92 Å². The third kappa shape index (κ3) is 3.16. The number of ether oxygens (including phenoxy) is 2. The molecular formula is C7H17NO3. The molecule has 0 bridgehead atoms. The number of nitrogens with two attached hydrogens (primary N) is 1. The molecule has 4 nitrogen and oxygen atoms in total. The maximum atomic E-state index is 9.45. The van der Waals surface area contributed by atoms with Gasteiger partial charge >= 0.3 is 0 Å². The van der Waals surface area contributed by atoms with Crippen molar-refractivity contribution in [1.29, 1.82) is 0 Å². The molecule has 3 N–H and O–H groups in total. The molecule has 11 heavy (non-hydrogen) atoms. The summed E-state index contributed by atoms with van der Waals surface area (Å²) in [6.45, 7) is 2.26. The summed E-state index contributed by atoms with van der Waals surface area (Å²) in [7, 11) is 2.97. The van der Waals surface area contributed by atoms with Crippen LogP contribution < -0.4 is 5.73 Å². The monoisotopic (exact) mass is 163 g/mol. The van der Waals surface area contributed by atoms with Gasteiger partial charge in [-0.05, 0) is 12.5 Å². The molecule has 0 rings (SSSR count). The summed E-state index contributed by atoms with van der Waals surface area (Å²) in [5.41, 5.74) is 5.35. The summed E-state index contributed by atoms with van der Waals surface area (Å²) in [5, 5.41) is 9.45. The molecule has 0 aliphatic heterocycles. The first-order valence-corrected chi connectivity index (χ1v) is 3.61. The lowest BCUT2D eigenvalue weighted by molar-refractivity contribution is -0.175. The lowest BCUT2D eigenvalue weighted by Gasteiger charge is -2.24. The van der Waals surface area contributed by atoms with Crippen molar-refractivity contribution < 1.29 is 14.6 Å². The van der Waals surface area contributed by atoms with Crippen molar-refractivity contribution in [3.8, 4) is 0 Å². The number of aliphatic hydroxyl groups is 1. The smallest absolute Gasteiger partial charge is 0.183 e. The van der Waals surface area contributed by atoms with Crippen LogP contribution in [0.25, 0.3) is 0 Å². The van der Waals surface area contributed by atoms with E-state index in [4.69, 9.17) is 15.2 Å². The normalized spacial score (nSPS) is 16.9. The molecule has 68 valence electrons. The lowest BCUT2D eigenvalue weighted by atomic mass is 10.1. The second kappa shape index (κ2) is 5.49. The molecular weight excluding hydrogens is 146 g/mol. The molecule has 0 aromatic carbocycles. The average molecular weight is 163 g/mol. The van der Waals surface area contributed by atoms with E-state index in [-0.39, 0.29) is 5.92 Å². The first-order valence-electron chi connectivity index (χ1n) is 3.61. The highest BCUT2D eigenvalue weighted by Crippen LogP contribution is 2.08. The van der Waals surface area contributed by atoms with Crippen LogP contribution in [-0.4, -0.2) is 38.3 Å². The summed E-state index contributed by atoms with van der Waals surface area (Å²) in [4.78, 5) is 0. The van der Waals surface area contributed by atoms with Gasteiger partial charge in [-0.25, -0.2) is 0 Å². The van der Waals surface area contributed by atoms with Crippen molar-refractivity contribution >= 4 is 0 Å². The van der Waals surface area contributed by atoms with Crippen molar-refractivity contribution in [2.75, 3.05) is 20.8 Å². The number of hydrogen-bond acceptors (Lipinski definition) is 4. The maximum Gasteiger partial charge on any atom is 0.183 e.